The second-order valence-corrected chi connectivity index (χ2v) is 5.20. The summed E-state index contributed by atoms with van der Waals surface area (Å²) in [5.74, 6) is 0.735. The lowest BCUT2D eigenvalue weighted by Crippen LogP contribution is -2.09. The lowest BCUT2D eigenvalue weighted by molar-refractivity contribution is 0.306. The SMILES string of the molecule is NC(=S)c1ccc(COc2ccc(Cl)cc2)c(Cl)c1. The summed E-state index contributed by atoms with van der Waals surface area (Å²) >= 11 is 16.8. The van der Waals surface area contributed by atoms with Gasteiger partial charge in [0.05, 0.1) is 0 Å². The van der Waals surface area contributed by atoms with E-state index in [1.165, 1.54) is 0 Å². The Morgan fingerprint density at radius 3 is 2.37 bits per heavy atom. The van der Waals surface area contributed by atoms with Crippen LogP contribution in [-0.4, -0.2) is 4.99 Å². The minimum Gasteiger partial charge on any atom is -0.489 e. The van der Waals surface area contributed by atoms with Gasteiger partial charge in [-0.15, -0.1) is 0 Å². The largest absolute Gasteiger partial charge is 0.489 e. The zero-order valence-corrected chi connectivity index (χ0v) is 12.2. The van der Waals surface area contributed by atoms with Crippen LogP contribution in [0.25, 0.3) is 0 Å². The van der Waals surface area contributed by atoms with Gasteiger partial charge < -0.3 is 10.5 Å². The number of halogens is 2. The third kappa shape index (κ3) is 3.83. The van der Waals surface area contributed by atoms with Crippen LogP contribution in [0.3, 0.4) is 0 Å². The van der Waals surface area contributed by atoms with Crippen molar-refractivity contribution < 1.29 is 4.74 Å². The fraction of sp³-hybridized carbons (Fsp3) is 0.0714. The second-order valence-electron chi connectivity index (χ2n) is 3.91. The fourth-order valence-electron chi connectivity index (χ4n) is 1.51. The van der Waals surface area contributed by atoms with Crippen LogP contribution in [0.15, 0.2) is 42.5 Å². The summed E-state index contributed by atoms with van der Waals surface area (Å²) in [6.07, 6.45) is 0. The molecule has 0 aromatic heterocycles. The fourth-order valence-corrected chi connectivity index (χ4v) is 2.00. The minimum atomic E-state index is 0.326. The van der Waals surface area contributed by atoms with Gasteiger partial charge in [-0.05, 0) is 30.3 Å². The lowest BCUT2D eigenvalue weighted by atomic mass is 10.1. The predicted octanol–water partition coefficient (Wildman–Crippen LogP) is 4.21. The number of nitrogens with two attached hydrogens (primary N) is 1. The monoisotopic (exact) mass is 311 g/mol. The zero-order chi connectivity index (χ0) is 13.8. The highest BCUT2D eigenvalue weighted by Crippen LogP contribution is 2.21. The Hall–Kier alpha value is -1.29. The van der Waals surface area contributed by atoms with Crippen molar-refractivity contribution in [3.63, 3.8) is 0 Å². The highest BCUT2D eigenvalue weighted by molar-refractivity contribution is 7.80. The van der Waals surface area contributed by atoms with E-state index in [9.17, 15) is 0 Å². The van der Waals surface area contributed by atoms with Crippen LogP contribution in [0.1, 0.15) is 11.1 Å². The third-order valence-corrected chi connectivity index (χ3v) is 3.39. The highest BCUT2D eigenvalue weighted by atomic mass is 35.5. The predicted molar refractivity (Wildman–Crippen MR) is 83.1 cm³/mol. The summed E-state index contributed by atoms with van der Waals surface area (Å²) in [7, 11) is 0. The van der Waals surface area contributed by atoms with Crippen molar-refractivity contribution in [2.24, 2.45) is 5.73 Å². The molecule has 2 aromatic rings. The van der Waals surface area contributed by atoms with E-state index in [0.29, 0.717) is 21.6 Å². The molecular weight excluding hydrogens is 301 g/mol. The Morgan fingerprint density at radius 2 is 1.79 bits per heavy atom. The molecule has 2 rings (SSSR count). The minimum absolute atomic E-state index is 0.326. The van der Waals surface area contributed by atoms with Gasteiger partial charge in [0, 0.05) is 21.2 Å². The topological polar surface area (TPSA) is 35.2 Å². The molecule has 0 saturated carbocycles. The summed E-state index contributed by atoms with van der Waals surface area (Å²) in [4.78, 5) is 0.326. The maximum atomic E-state index is 6.15. The third-order valence-electron chi connectivity index (χ3n) is 2.55. The summed E-state index contributed by atoms with van der Waals surface area (Å²) < 4.78 is 5.62. The van der Waals surface area contributed by atoms with Crippen molar-refractivity contribution >= 4 is 40.4 Å². The molecule has 0 heterocycles. The van der Waals surface area contributed by atoms with E-state index in [1.807, 2.05) is 12.1 Å². The van der Waals surface area contributed by atoms with Gasteiger partial charge in [0.1, 0.15) is 17.3 Å². The van der Waals surface area contributed by atoms with E-state index >= 15 is 0 Å². The molecule has 0 radical (unpaired) electrons. The van der Waals surface area contributed by atoms with E-state index in [1.54, 1.807) is 30.3 Å². The van der Waals surface area contributed by atoms with Crippen LogP contribution < -0.4 is 10.5 Å². The molecule has 0 atom stereocenters. The molecule has 0 spiro atoms. The number of benzene rings is 2. The molecule has 0 unspecified atom stereocenters. The van der Waals surface area contributed by atoms with Crippen LogP contribution in [0.5, 0.6) is 5.75 Å². The Morgan fingerprint density at radius 1 is 1.11 bits per heavy atom. The van der Waals surface area contributed by atoms with Crippen molar-refractivity contribution in [1.82, 2.24) is 0 Å². The standard InChI is InChI=1S/C14H11Cl2NOS/c15-11-3-5-12(6-4-11)18-8-10-2-1-9(14(17)19)7-13(10)16/h1-7H,8H2,(H2,17,19). The van der Waals surface area contributed by atoms with Crippen LogP contribution >= 0.6 is 35.4 Å². The first kappa shape index (κ1) is 14.1. The first-order valence-electron chi connectivity index (χ1n) is 5.53. The molecule has 2 aromatic carbocycles. The number of hydrogen-bond acceptors (Lipinski definition) is 2. The van der Waals surface area contributed by atoms with Gasteiger partial charge in [-0.3, -0.25) is 0 Å². The van der Waals surface area contributed by atoms with Gasteiger partial charge in [-0.2, -0.15) is 0 Å². The Labute approximate surface area is 127 Å². The Bertz CT molecular complexity index is 599. The average Bonchev–Trinajstić information content (AvgIpc) is 2.39. The summed E-state index contributed by atoms with van der Waals surface area (Å²) in [6, 6.07) is 12.6. The van der Waals surface area contributed by atoms with Crippen LogP contribution in [0, 0.1) is 0 Å². The van der Waals surface area contributed by atoms with E-state index in [4.69, 9.17) is 45.9 Å². The molecular formula is C14H11Cl2NOS. The molecule has 19 heavy (non-hydrogen) atoms. The molecule has 2 N–H and O–H groups in total. The highest BCUT2D eigenvalue weighted by Gasteiger charge is 2.04. The first-order valence-corrected chi connectivity index (χ1v) is 6.69. The maximum Gasteiger partial charge on any atom is 0.119 e. The van der Waals surface area contributed by atoms with Crippen molar-refractivity contribution in [3.8, 4) is 5.75 Å². The Balaban J connectivity index is 2.07. The quantitative estimate of drug-likeness (QED) is 0.859. The summed E-state index contributed by atoms with van der Waals surface area (Å²) in [6.45, 7) is 0.373. The van der Waals surface area contributed by atoms with Gasteiger partial charge >= 0.3 is 0 Å². The van der Waals surface area contributed by atoms with Gasteiger partial charge in [-0.25, -0.2) is 0 Å². The van der Waals surface area contributed by atoms with Crippen LogP contribution in [0.2, 0.25) is 10.0 Å². The van der Waals surface area contributed by atoms with E-state index in [2.05, 4.69) is 0 Å². The second kappa shape index (κ2) is 6.24. The average molecular weight is 312 g/mol. The normalized spacial score (nSPS) is 10.2. The van der Waals surface area contributed by atoms with Gasteiger partial charge in [0.15, 0.2) is 0 Å². The number of hydrogen-bond donors (Lipinski definition) is 1. The molecule has 0 bridgehead atoms. The van der Waals surface area contributed by atoms with E-state index in [0.717, 1.165) is 16.9 Å². The molecule has 0 amide bonds. The maximum absolute atomic E-state index is 6.15. The molecule has 98 valence electrons. The van der Waals surface area contributed by atoms with Crippen molar-refractivity contribution in [3.05, 3.63) is 63.6 Å². The summed E-state index contributed by atoms with van der Waals surface area (Å²) in [5.41, 5.74) is 7.16. The van der Waals surface area contributed by atoms with Gasteiger partial charge in [0.25, 0.3) is 0 Å². The van der Waals surface area contributed by atoms with Crippen LogP contribution in [0.4, 0.5) is 0 Å². The lowest BCUT2D eigenvalue weighted by Gasteiger charge is -2.09. The number of rotatable bonds is 4. The van der Waals surface area contributed by atoms with Crippen LogP contribution in [-0.2, 0) is 6.61 Å². The molecule has 5 heteroatoms. The Kier molecular flexibility index (Phi) is 4.64. The zero-order valence-electron chi connectivity index (χ0n) is 9.90. The summed E-state index contributed by atoms with van der Waals surface area (Å²) in [5, 5.41) is 1.26. The van der Waals surface area contributed by atoms with Crippen molar-refractivity contribution in [1.29, 1.82) is 0 Å². The smallest absolute Gasteiger partial charge is 0.119 e. The van der Waals surface area contributed by atoms with Crippen molar-refractivity contribution in [2.45, 2.75) is 6.61 Å². The molecule has 2 nitrogen and oxygen atoms in total. The molecule has 0 aliphatic carbocycles. The van der Waals surface area contributed by atoms with Gasteiger partial charge in [-0.1, -0.05) is 47.6 Å². The number of thiocarbonyl (C=S) groups is 1. The van der Waals surface area contributed by atoms with Crippen molar-refractivity contribution in [2.75, 3.05) is 0 Å². The molecule has 0 fully saturated rings. The number of ether oxygens (including phenoxy) is 1. The molecule has 0 saturated heterocycles. The first-order chi connectivity index (χ1) is 9.06. The van der Waals surface area contributed by atoms with E-state index in [-0.39, 0.29) is 0 Å². The van der Waals surface area contributed by atoms with E-state index < -0.39 is 0 Å². The molecule has 0 aliphatic heterocycles. The molecule has 0 aliphatic rings. The van der Waals surface area contributed by atoms with Gasteiger partial charge in [0.2, 0.25) is 0 Å².